The molecule has 0 aromatic heterocycles. The zero-order valence-corrected chi connectivity index (χ0v) is 14.4. The maximum absolute atomic E-state index is 12.8. The lowest BCUT2D eigenvalue weighted by Crippen LogP contribution is -2.34. The summed E-state index contributed by atoms with van der Waals surface area (Å²) in [6.07, 6.45) is 2.40. The molecule has 0 saturated heterocycles. The lowest BCUT2D eigenvalue weighted by atomic mass is 10.0. The summed E-state index contributed by atoms with van der Waals surface area (Å²) in [5.41, 5.74) is 2.74. The normalized spacial score (nSPS) is 15.6. The topological polar surface area (TPSA) is 74.7 Å². The monoisotopic (exact) mass is 357 g/mol. The van der Waals surface area contributed by atoms with Crippen molar-refractivity contribution in [2.45, 2.75) is 17.7 Å². The molecule has 0 saturated carbocycles. The number of sulfonamides is 1. The number of carbonyl (C=O) groups is 1. The standard InChI is InChI=1S/C19H19NO4S/c21-19(22)14-15-5-4-8-18(13-15)25(23,24)20-11-9-17(10-12-20)16-6-2-1-3-7-16/h1-9,13H,10-12,14H2,(H,21,22). The molecule has 3 rings (SSSR count). The molecule has 2 aromatic carbocycles. The van der Waals surface area contributed by atoms with Crippen molar-refractivity contribution in [3.8, 4) is 0 Å². The van der Waals surface area contributed by atoms with E-state index in [9.17, 15) is 13.2 Å². The molecule has 25 heavy (non-hydrogen) atoms. The lowest BCUT2D eigenvalue weighted by Gasteiger charge is -2.26. The van der Waals surface area contributed by atoms with Gasteiger partial charge in [-0.2, -0.15) is 4.31 Å². The molecular formula is C19H19NO4S. The van der Waals surface area contributed by atoms with Gasteiger partial charge in [-0.05, 0) is 35.3 Å². The predicted octanol–water partition coefficient (Wildman–Crippen LogP) is 2.79. The number of aliphatic carboxylic acids is 1. The maximum atomic E-state index is 12.8. The van der Waals surface area contributed by atoms with E-state index in [1.54, 1.807) is 12.1 Å². The van der Waals surface area contributed by atoms with Crippen LogP contribution in [0.1, 0.15) is 17.5 Å². The fourth-order valence-corrected chi connectivity index (χ4v) is 4.37. The fraction of sp³-hybridized carbons (Fsp3) is 0.211. The highest BCUT2D eigenvalue weighted by Gasteiger charge is 2.26. The molecule has 1 aliphatic rings. The van der Waals surface area contributed by atoms with E-state index in [0.29, 0.717) is 25.1 Å². The van der Waals surface area contributed by atoms with Crippen LogP contribution in [0.15, 0.2) is 65.6 Å². The summed E-state index contributed by atoms with van der Waals surface area (Å²) in [5.74, 6) is -0.983. The van der Waals surface area contributed by atoms with Crippen LogP contribution in [0.4, 0.5) is 0 Å². The molecule has 0 spiro atoms. The summed E-state index contributed by atoms with van der Waals surface area (Å²) in [4.78, 5) is 11.0. The molecule has 0 atom stereocenters. The number of nitrogens with zero attached hydrogens (tertiary/aromatic N) is 1. The van der Waals surface area contributed by atoms with Gasteiger partial charge in [-0.1, -0.05) is 48.5 Å². The third-order valence-electron chi connectivity index (χ3n) is 4.21. The number of hydrogen-bond acceptors (Lipinski definition) is 3. The van der Waals surface area contributed by atoms with Crippen LogP contribution in [0.5, 0.6) is 0 Å². The highest BCUT2D eigenvalue weighted by molar-refractivity contribution is 7.89. The zero-order valence-electron chi connectivity index (χ0n) is 13.6. The lowest BCUT2D eigenvalue weighted by molar-refractivity contribution is -0.136. The summed E-state index contributed by atoms with van der Waals surface area (Å²) in [7, 11) is -3.63. The van der Waals surface area contributed by atoms with Crippen molar-refractivity contribution in [1.82, 2.24) is 4.31 Å². The number of carboxylic acid groups (broad SMARTS) is 1. The van der Waals surface area contributed by atoms with Crippen molar-refractivity contribution < 1.29 is 18.3 Å². The third-order valence-corrected chi connectivity index (χ3v) is 6.07. The Morgan fingerprint density at radius 2 is 1.84 bits per heavy atom. The van der Waals surface area contributed by atoms with Crippen LogP contribution in [0, 0.1) is 0 Å². The first kappa shape index (κ1) is 17.4. The fourth-order valence-electron chi connectivity index (χ4n) is 2.92. The second-order valence-electron chi connectivity index (χ2n) is 5.93. The van der Waals surface area contributed by atoms with Crippen LogP contribution in [0.2, 0.25) is 0 Å². The third kappa shape index (κ3) is 3.97. The van der Waals surface area contributed by atoms with Gasteiger partial charge in [0.15, 0.2) is 0 Å². The molecule has 2 aromatic rings. The summed E-state index contributed by atoms with van der Waals surface area (Å²) in [6, 6.07) is 16.1. The van der Waals surface area contributed by atoms with Crippen molar-refractivity contribution in [1.29, 1.82) is 0 Å². The Kier molecular flexibility index (Phi) is 5.01. The van der Waals surface area contributed by atoms with E-state index >= 15 is 0 Å². The quantitative estimate of drug-likeness (QED) is 0.893. The van der Waals surface area contributed by atoms with Gasteiger partial charge in [0, 0.05) is 13.1 Å². The first-order valence-electron chi connectivity index (χ1n) is 8.02. The molecular weight excluding hydrogens is 338 g/mol. The highest BCUT2D eigenvalue weighted by atomic mass is 32.2. The first-order chi connectivity index (χ1) is 12.0. The molecule has 1 N–H and O–H groups in total. The van der Waals surface area contributed by atoms with Gasteiger partial charge >= 0.3 is 5.97 Å². The number of benzene rings is 2. The smallest absolute Gasteiger partial charge is 0.307 e. The second kappa shape index (κ2) is 7.21. The molecule has 5 nitrogen and oxygen atoms in total. The van der Waals surface area contributed by atoms with Gasteiger partial charge in [0.25, 0.3) is 0 Å². The van der Waals surface area contributed by atoms with Gasteiger partial charge in [-0.3, -0.25) is 4.79 Å². The van der Waals surface area contributed by atoms with Gasteiger partial charge in [0.2, 0.25) is 10.0 Å². The van der Waals surface area contributed by atoms with Crippen LogP contribution in [-0.2, 0) is 21.2 Å². The minimum atomic E-state index is -3.63. The van der Waals surface area contributed by atoms with Crippen molar-refractivity contribution in [2.75, 3.05) is 13.1 Å². The van der Waals surface area contributed by atoms with Gasteiger partial charge in [-0.15, -0.1) is 0 Å². The van der Waals surface area contributed by atoms with Crippen LogP contribution >= 0.6 is 0 Å². The van der Waals surface area contributed by atoms with Gasteiger partial charge in [-0.25, -0.2) is 8.42 Å². The molecule has 1 aliphatic heterocycles. The van der Waals surface area contributed by atoms with Crippen molar-refractivity contribution in [3.63, 3.8) is 0 Å². The number of rotatable bonds is 5. The summed E-state index contributed by atoms with van der Waals surface area (Å²) >= 11 is 0. The SMILES string of the molecule is O=C(O)Cc1cccc(S(=O)(=O)N2CC=C(c3ccccc3)CC2)c1. The van der Waals surface area contributed by atoms with E-state index in [1.807, 2.05) is 36.4 Å². The Morgan fingerprint density at radius 1 is 1.08 bits per heavy atom. The van der Waals surface area contributed by atoms with Crippen molar-refractivity contribution in [3.05, 3.63) is 71.8 Å². The van der Waals surface area contributed by atoms with E-state index in [0.717, 1.165) is 11.1 Å². The Hall–Kier alpha value is -2.44. The first-order valence-corrected chi connectivity index (χ1v) is 9.46. The van der Waals surface area contributed by atoms with E-state index in [-0.39, 0.29) is 11.3 Å². The van der Waals surface area contributed by atoms with Crippen LogP contribution < -0.4 is 0 Å². The molecule has 0 fully saturated rings. The van der Waals surface area contributed by atoms with E-state index in [4.69, 9.17) is 5.11 Å². The van der Waals surface area contributed by atoms with E-state index < -0.39 is 16.0 Å². The summed E-state index contributed by atoms with van der Waals surface area (Å²) in [6.45, 7) is 0.724. The van der Waals surface area contributed by atoms with Crippen LogP contribution in [-0.4, -0.2) is 36.9 Å². The molecule has 0 unspecified atom stereocenters. The molecule has 0 radical (unpaired) electrons. The predicted molar refractivity (Wildman–Crippen MR) is 95.6 cm³/mol. The largest absolute Gasteiger partial charge is 0.481 e. The molecule has 130 valence electrons. The molecule has 0 aliphatic carbocycles. The minimum Gasteiger partial charge on any atom is -0.481 e. The minimum absolute atomic E-state index is 0.141. The highest BCUT2D eigenvalue weighted by Crippen LogP contribution is 2.26. The zero-order chi connectivity index (χ0) is 17.9. The Balaban J connectivity index is 1.80. The van der Waals surface area contributed by atoms with Crippen molar-refractivity contribution in [2.24, 2.45) is 0 Å². The summed E-state index contributed by atoms with van der Waals surface area (Å²) < 4.78 is 27.1. The van der Waals surface area contributed by atoms with Gasteiger partial charge in [0.05, 0.1) is 11.3 Å². The van der Waals surface area contributed by atoms with Crippen molar-refractivity contribution >= 4 is 21.6 Å². The Morgan fingerprint density at radius 3 is 2.48 bits per heavy atom. The molecule has 1 heterocycles. The molecule has 0 amide bonds. The number of carboxylic acids is 1. The van der Waals surface area contributed by atoms with Crippen LogP contribution in [0.25, 0.3) is 5.57 Å². The maximum Gasteiger partial charge on any atom is 0.307 e. The Labute approximate surface area is 147 Å². The van der Waals surface area contributed by atoms with Crippen LogP contribution in [0.3, 0.4) is 0 Å². The molecule has 0 bridgehead atoms. The average molecular weight is 357 g/mol. The van der Waals surface area contributed by atoms with Gasteiger partial charge < -0.3 is 5.11 Å². The number of hydrogen-bond donors (Lipinski definition) is 1. The second-order valence-corrected chi connectivity index (χ2v) is 7.86. The summed E-state index contributed by atoms with van der Waals surface area (Å²) in [5, 5.41) is 8.88. The Bertz CT molecular complexity index is 904. The molecule has 6 heteroatoms. The average Bonchev–Trinajstić information content (AvgIpc) is 2.62. The van der Waals surface area contributed by atoms with E-state index in [2.05, 4.69) is 0 Å². The van der Waals surface area contributed by atoms with Gasteiger partial charge in [0.1, 0.15) is 0 Å². The van der Waals surface area contributed by atoms with E-state index in [1.165, 1.54) is 16.4 Å².